The summed E-state index contributed by atoms with van der Waals surface area (Å²) in [6.07, 6.45) is 5.13. The minimum absolute atomic E-state index is 0.0980. The van der Waals surface area contributed by atoms with Crippen LogP contribution in [0.5, 0.6) is 0 Å². The first-order valence-corrected chi connectivity index (χ1v) is 9.55. The summed E-state index contributed by atoms with van der Waals surface area (Å²) < 4.78 is 1.59. The summed E-state index contributed by atoms with van der Waals surface area (Å²) in [6.45, 7) is 2.51. The lowest BCUT2D eigenvalue weighted by atomic mass is 10.2. The molecule has 0 fully saturated rings. The zero-order valence-electron chi connectivity index (χ0n) is 16.4. The van der Waals surface area contributed by atoms with Gasteiger partial charge in [-0.2, -0.15) is 0 Å². The van der Waals surface area contributed by atoms with Gasteiger partial charge < -0.3 is 15.7 Å². The summed E-state index contributed by atoms with van der Waals surface area (Å²) in [7, 11) is 0. The highest BCUT2D eigenvalue weighted by Gasteiger charge is 2.18. The molecule has 0 spiro atoms. The second-order valence-electron chi connectivity index (χ2n) is 6.60. The molecular weight excluding hydrogens is 382 g/mol. The van der Waals surface area contributed by atoms with Crippen LogP contribution in [0.4, 0.5) is 5.82 Å². The van der Waals surface area contributed by atoms with Gasteiger partial charge in [0.15, 0.2) is 11.5 Å². The number of carbonyl (C=O) groups excluding carboxylic acids is 1. The molecule has 4 rings (SSSR count). The molecule has 0 aromatic carbocycles. The van der Waals surface area contributed by atoms with Crippen LogP contribution in [0.2, 0.25) is 0 Å². The van der Waals surface area contributed by atoms with E-state index in [1.807, 2.05) is 25.1 Å². The summed E-state index contributed by atoms with van der Waals surface area (Å²) in [5.41, 5.74) is 9.65. The first-order chi connectivity index (χ1) is 14.6. The number of aliphatic hydroxyl groups excluding tert-OH is 1. The zero-order valence-corrected chi connectivity index (χ0v) is 16.4. The number of likely N-dealkylation sites (N-methyl/N-ethyl adjacent to an activating group) is 1. The molecule has 152 valence electrons. The molecule has 9 heteroatoms. The van der Waals surface area contributed by atoms with Gasteiger partial charge in [-0.1, -0.05) is 12.1 Å². The number of carbonyl (C=O) groups is 1. The van der Waals surface area contributed by atoms with Crippen molar-refractivity contribution >= 4 is 17.4 Å². The average Bonchev–Trinajstić information content (AvgIpc) is 3.12. The third-order valence-corrected chi connectivity index (χ3v) is 4.72. The Labute approximate surface area is 172 Å². The largest absolute Gasteiger partial charge is 0.395 e. The molecule has 1 amide bonds. The van der Waals surface area contributed by atoms with Crippen LogP contribution in [0, 0.1) is 0 Å². The summed E-state index contributed by atoms with van der Waals surface area (Å²) >= 11 is 0. The Morgan fingerprint density at radius 2 is 2.00 bits per heavy atom. The van der Waals surface area contributed by atoms with Gasteiger partial charge in [0.05, 0.1) is 23.6 Å². The van der Waals surface area contributed by atoms with Crippen LogP contribution in [0.3, 0.4) is 0 Å². The highest BCUT2D eigenvalue weighted by molar-refractivity contribution is 5.93. The van der Waals surface area contributed by atoms with Gasteiger partial charge in [0.2, 0.25) is 0 Å². The molecule has 0 saturated heterocycles. The normalized spacial score (nSPS) is 11.0. The predicted molar refractivity (Wildman–Crippen MR) is 113 cm³/mol. The van der Waals surface area contributed by atoms with E-state index in [0.717, 1.165) is 0 Å². The van der Waals surface area contributed by atoms with Gasteiger partial charge in [0.25, 0.3) is 5.91 Å². The maximum atomic E-state index is 12.7. The number of aromatic nitrogens is 5. The average molecular weight is 403 g/mol. The SMILES string of the molecule is CCN(CCO)C(=O)c1cccc(-c2cnc3c(-c4ccccn4)c(N)nn3c2)n1. The lowest BCUT2D eigenvalue weighted by Gasteiger charge is -2.19. The molecule has 0 radical (unpaired) electrons. The highest BCUT2D eigenvalue weighted by atomic mass is 16.3. The number of aliphatic hydroxyl groups is 1. The quantitative estimate of drug-likeness (QED) is 0.504. The molecule has 4 heterocycles. The van der Waals surface area contributed by atoms with Gasteiger partial charge in [-0.15, -0.1) is 5.10 Å². The smallest absolute Gasteiger partial charge is 0.272 e. The topological polar surface area (TPSA) is 123 Å². The number of fused-ring (bicyclic) bond motifs is 1. The zero-order chi connectivity index (χ0) is 21.1. The number of anilines is 1. The predicted octanol–water partition coefficient (Wildman–Crippen LogP) is 1.89. The van der Waals surface area contributed by atoms with Crippen LogP contribution in [-0.2, 0) is 0 Å². The second kappa shape index (κ2) is 8.26. The van der Waals surface area contributed by atoms with E-state index in [0.29, 0.717) is 46.2 Å². The minimum atomic E-state index is -0.233. The monoisotopic (exact) mass is 403 g/mol. The molecule has 0 aliphatic rings. The highest BCUT2D eigenvalue weighted by Crippen LogP contribution is 2.28. The molecule has 4 aromatic rings. The first-order valence-electron chi connectivity index (χ1n) is 9.55. The Kier molecular flexibility index (Phi) is 5.36. The molecular formula is C21H21N7O2. The Hall–Kier alpha value is -3.85. The number of rotatable bonds is 6. The van der Waals surface area contributed by atoms with Gasteiger partial charge in [0.1, 0.15) is 5.69 Å². The number of nitrogens with two attached hydrogens (primary N) is 1. The lowest BCUT2D eigenvalue weighted by Crippen LogP contribution is -2.33. The van der Waals surface area contributed by atoms with Crippen LogP contribution in [-0.4, -0.2) is 60.2 Å². The fraction of sp³-hybridized carbons (Fsp3) is 0.190. The number of amides is 1. The van der Waals surface area contributed by atoms with Crippen LogP contribution in [0.25, 0.3) is 28.2 Å². The Balaban J connectivity index is 1.72. The van der Waals surface area contributed by atoms with E-state index in [2.05, 4.69) is 20.1 Å². The maximum absolute atomic E-state index is 12.7. The van der Waals surface area contributed by atoms with E-state index < -0.39 is 0 Å². The van der Waals surface area contributed by atoms with Gasteiger partial charge in [0, 0.05) is 37.2 Å². The number of hydrogen-bond acceptors (Lipinski definition) is 7. The van der Waals surface area contributed by atoms with Crippen molar-refractivity contribution in [2.45, 2.75) is 6.92 Å². The van der Waals surface area contributed by atoms with E-state index in [1.54, 1.807) is 46.2 Å². The Bertz CT molecular complexity index is 1190. The molecule has 3 N–H and O–H groups in total. The molecule has 30 heavy (non-hydrogen) atoms. The van der Waals surface area contributed by atoms with Crippen molar-refractivity contribution in [1.29, 1.82) is 0 Å². The van der Waals surface area contributed by atoms with E-state index in [1.165, 1.54) is 0 Å². The molecule has 0 saturated carbocycles. The van der Waals surface area contributed by atoms with Crippen LogP contribution < -0.4 is 5.73 Å². The number of nitrogens with zero attached hydrogens (tertiary/aromatic N) is 6. The summed E-state index contributed by atoms with van der Waals surface area (Å²) in [6, 6.07) is 10.8. The van der Waals surface area contributed by atoms with E-state index in [-0.39, 0.29) is 19.1 Å². The van der Waals surface area contributed by atoms with E-state index >= 15 is 0 Å². The molecule has 0 unspecified atom stereocenters. The summed E-state index contributed by atoms with van der Waals surface area (Å²) in [4.78, 5) is 27.6. The van der Waals surface area contributed by atoms with Crippen molar-refractivity contribution in [1.82, 2.24) is 29.5 Å². The lowest BCUT2D eigenvalue weighted by molar-refractivity contribution is 0.0726. The fourth-order valence-corrected chi connectivity index (χ4v) is 3.24. The summed E-state index contributed by atoms with van der Waals surface area (Å²) in [5, 5.41) is 13.5. The fourth-order valence-electron chi connectivity index (χ4n) is 3.24. The van der Waals surface area contributed by atoms with Crippen LogP contribution in [0.1, 0.15) is 17.4 Å². The molecule has 0 aliphatic heterocycles. The van der Waals surface area contributed by atoms with Crippen LogP contribution >= 0.6 is 0 Å². The van der Waals surface area contributed by atoms with Gasteiger partial charge in [-0.3, -0.25) is 9.78 Å². The van der Waals surface area contributed by atoms with E-state index in [9.17, 15) is 4.79 Å². The molecule has 9 nitrogen and oxygen atoms in total. The second-order valence-corrected chi connectivity index (χ2v) is 6.60. The molecule has 0 aliphatic carbocycles. The number of nitrogen functional groups attached to an aromatic ring is 1. The molecule has 4 aromatic heterocycles. The molecule has 0 atom stereocenters. The van der Waals surface area contributed by atoms with Gasteiger partial charge in [-0.05, 0) is 31.2 Å². The summed E-state index contributed by atoms with van der Waals surface area (Å²) in [5.74, 6) is 0.0982. The van der Waals surface area contributed by atoms with Crippen molar-refractivity contribution < 1.29 is 9.90 Å². The van der Waals surface area contributed by atoms with Crippen molar-refractivity contribution in [3.8, 4) is 22.5 Å². The minimum Gasteiger partial charge on any atom is -0.395 e. The third-order valence-electron chi connectivity index (χ3n) is 4.72. The standard InChI is InChI=1S/C21H21N7O2/c1-2-27(10-11-29)21(30)17-8-5-7-15(25-17)14-12-24-20-18(16-6-3-4-9-23-16)19(22)26-28(20)13-14/h3-9,12-13,29H,2,10-11H2,1H3,(H2,22,26). The van der Waals surface area contributed by atoms with Gasteiger partial charge in [-0.25, -0.2) is 14.5 Å². The van der Waals surface area contributed by atoms with E-state index in [4.69, 9.17) is 10.8 Å². The van der Waals surface area contributed by atoms with Crippen molar-refractivity contribution in [3.63, 3.8) is 0 Å². The van der Waals surface area contributed by atoms with Crippen LogP contribution in [0.15, 0.2) is 55.0 Å². The molecule has 0 bridgehead atoms. The Morgan fingerprint density at radius 1 is 1.17 bits per heavy atom. The third kappa shape index (κ3) is 3.58. The maximum Gasteiger partial charge on any atom is 0.272 e. The van der Waals surface area contributed by atoms with Crippen molar-refractivity contribution in [2.24, 2.45) is 0 Å². The van der Waals surface area contributed by atoms with Gasteiger partial charge >= 0.3 is 0 Å². The Morgan fingerprint density at radius 3 is 2.73 bits per heavy atom. The first kappa shape index (κ1) is 19.5. The van der Waals surface area contributed by atoms with Crippen molar-refractivity contribution in [3.05, 3.63) is 60.7 Å². The number of hydrogen-bond donors (Lipinski definition) is 2. The van der Waals surface area contributed by atoms with Crippen molar-refractivity contribution in [2.75, 3.05) is 25.4 Å². The number of pyridine rings is 2.